The van der Waals surface area contributed by atoms with Crippen LogP contribution in [0.5, 0.6) is 0 Å². The molecular weight excluding hydrogens is 186 g/mol. The number of hydrogen-bond acceptors (Lipinski definition) is 2. The molecule has 2 rings (SSSR count). The fourth-order valence-electron chi connectivity index (χ4n) is 1.57. The van der Waals surface area contributed by atoms with E-state index in [1.807, 2.05) is 24.4 Å². The lowest BCUT2D eigenvalue weighted by atomic mass is 9.80. The van der Waals surface area contributed by atoms with Crippen molar-refractivity contribution in [1.29, 1.82) is 0 Å². The van der Waals surface area contributed by atoms with Crippen molar-refractivity contribution in [1.82, 2.24) is 5.32 Å². The van der Waals surface area contributed by atoms with Crippen LogP contribution in [0.2, 0.25) is 0 Å². The second kappa shape index (κ2) is 4.49. The molecule has 0 radical (unpaired) electrons. The Balaban J connectivity index is 0.000000845. The molecule has 0 atom stereocenters. The van der Waals surface area contributed by atoms with Crippen LogP contribution in [0.25, 0.3) is 0 Å². The fourth-order valence-corrected chi connectivity index (χ4v) is 1.57. The first kappa shape index (κ1) is 10.4. The van der Waals surface area contributed by atoms with Crippen LogP contribution in [0.15, 0.2) is 36.2 Å². The predicted molar refractivity (Wildman–Crippen MR) is 55.5 cm³/mol. The van der Waals surface area contributed by atoms with E-state index in [4.69, 9.17) is 5.11 Å². The van der Waals surface area contributed by atoms with Gasteiger partial charge in [-0.15, -0.1) is 12.4 Å². The minimum Gasteiger partial charge on any atom is -0.393 e. The van der Waals surface area contributed by atoms with Crippen molar-refractivity contribution < 1.29 is 5.11 Å². The van der Waals surface area contributed by atoms with Crippen molar-refractivity contribution >= 4 is 12.4 Å². The van der Waals surface area contributed by atoms with Gasteiger partial charge in [0.25, 0.3) is 0 Å². The monoisotopic (exact) mass is 199 g/mol. The van der Waals surface area contributed by atoms with Crippen LogP contribution in [0, 0.1) is 5.92 Å². The van der Waals surface area contributed by atoms with E-state index < -0.39 is 0 Å². The van der Waals surface area contributed by atoms with Crippen LogP contribution in [0.3, 0.4) is 0 Å². The van der Waals surface area contributed by atoms with E-state index in [-0.39, 0.29) is 18.5 Å². The molecule has 0 unspecified atom stereocenters. The van der Waals surface area contributed by atoms with Gasteiger partial charge in [-0.25, -0.2) is 0 Å². The number of aliphatic hydroxyl groups is 1. The number of hydrogen-bond donors (Lipinski definition) is 2. The molecule has 13 heavy (non-hydrogen) atoms. The zero-order valence-electron chi connectivity index (χ0n) is 7.31. The molecule has 2 aliphatic rings. The van der Waals surface area contributed by atoms with Crippen LogP contribution in [-0.4, -0.2) is 11.2 Å². The van der Waals surface area contributed by atoms with E-state index >= 15 is 0 Å². The highest BCUT2D eigenvalue weighted by atomic mass is 35.5. The second-order valence-electron chi connectivity index (χ2n) is 3.33. The molecule has 0 saturated heterocycles. The Bertz CT molecular complexity index is 252. The Kier molecular flexibility index (Phi) is 3.58. The van der Waals surface area contributed by atoms with Crippen molar-refractivity contribution in [2.45, 2.75) is 18.9 Å². The van der Waals surface area contributed by atoms with Gasteiger partial charge in [0.15, 0.2) is 0 Å². The van der Waals surface area contributed by atoms with Gasteiger partial charge < -0.3 is 10.4 Å². The summed E-state index contributed by atoms with van der Waals surface area (Å²) in [6.07, 6.45) is 11.7. The third-order valence-electron chi connectivity index (χ3n) is 2.40. The summed E-state index contributed by atoms with van der Waals surface area (Å²) in [6.45, 7) is 0. The topological polar surface area (TPSA) is 32.3 Å². The molecule has 0 bridgehead atoms. The lowest BCUT2D eigenvalue weighted by molar-refractivity contribution is 0.0563. The first-order chi connectivity index (χ1) is 5.86. The van der Waals surface area contributed by atoms with Gasteiger partial charge in [0.05, 0.1) is 6.10 Å². The average Bonchev–Trinajstić information content (AvgIpc) is 2.26. The summed E-state index contributed by atoms with van der Waals surface area (Å²) in [6, 6.07) is 0. The molecule has 3 heteroatoms. The maximum atomic E-state index is 9.13. The molecule has 1 aliphatic heterocycles. The highest BCUT2D eigenvalue weighted by Crippen LogP contribution is 2.32. The van der Waals surface area contributed by atoms with Gasteiger partial charge in [-0.1, -0.05) is 12.2 Å². The number of aliphatic hydroxyl groups excluding tert-OH is 1. The second-order valence-corrected chi connectivity index (χ2v) is 3.33. The molecule has 0 aromatic rings. The van der Waals surface area contributed by atoms with Gasteiger partial charge >= 0.3 is 0 Å². The predicted octanol–water partition coefficient (Wildman–Crippen LogP) is 1.74. The van der Waals surface area contributed by atoms with Gasteiger partial charge in [0.1, 0.15) is 0 Å². The lowest BCUT2D eigenvalue weighted by Crippen LogP contribution is -2.33. The summed E-state index contributed by atoms with van der Waals surface area (Å²) in [5.74, 6) is 0.535. The largest absolute Gasteiger partial charge is 0.393 e. The molecule has 0 amide bonds. The summed E-state index contributed by atoms with van der Waals surface area (Å²) >= 11 is 0. The molecule has 1 fully saturated rings. The van der Waals surface area contributed by atoms with E-state index in [1.165, 1.54) is 5.70 Å². The Morgan fingerprint density at radius 3 is 2.69 bits per heavy atom. The Morgan fingerprint density at radius 2 is 2.00 bits per heavy atom. The summed E-state index contributed by atoms with van der Waals surface area (Å²) in [4.78, 5) is 0. The molecule has 1 saturated carbocycles. The Morgan fingerprint density at radius 1 is 1.23 bits per heavy atom. The van der Waals surface area contributed by atoms with Crippen molar-refractivity contribution in [3.63, 3.8) is 0 Å². The highest BCUT2D eigenvalue weighted by molar-refractivity contribution is 5.85. The third-order valence-corrected chi connectivity index (χ3v) is 2.40. The molecule has 2 nitrogen and oxygen atoms in total. The van der Waals surface area contributed by atoms with E-state index in [0.717, 1.165) is 12.8 Å². The van der Waals surface area contributed by atoms with Crippen LogP contribution in [-0.2, 0) is 0 Å². The van der Waals surface area contributed by atoms with Crippen molar-refractivity contribution in [2.24, 2.45) is 5.92 Å². The number of allylic oxidation sites excluding steroid dienone is 5. The molecule has 1 heterocycles. The molecule has 1 aliphatic carbocycles. The molecule has 72 valence electrons. The smallest absolute Gasteiger partial charge is 0.0553 e. The summed E-state index contributed by atoms with van der Waals surface area (Å²) < 4.78 is 0. The summed E-state index contributed by atoms with van der Waals surface area (Å²) in [7, 11) is 0. The Hall–Kier alpha value is -0.730. The normalized spacial score (nSPS) is 30.7. The number of rotatable bonds is 1. The van der Waals surface area contributed by atoms with Gasteiger partial charge in [-0.2, -0.15) is 0 Å². The highest BCUT2D eigenvalue weighted by Gasteiger charge is 2.29. The number of nitrogens with one attached hydrogen (secondary N) is 1. The van der Waals surface area contributed by atoms with E-state index in [0.29, 0.717) is 5.92 Å². The van der Waals surface area contributed by atoms with Crippen LogP contribution < -0.4 is 5.32 Å². The average molecular weight is 200 g/mol. The number of halogens is 1. The van der Waals surface area contributed by atoms with Gasteiger partial charge in [0.2, 0.25) is 0 Å². The summed E-state index contributed by atoms with van der Waals surface area (Å²) in [5.41, 5.74) is 1.23. The molecule has 0 aromatic heterocycles. The van der Waals surface area contributed by atoms with E-state index in [9.17, 15) is 0 Å². The zero-order valence-corrected chi connectivity index (χ0v) is 8.13. The van der Waals surface area contributed by atoms with Crippen LogP contribution >= 0.6 is 12.4 Å². The standard InChI is InChI=1S/C10H13NO.ClH/c12-9-6-8(7-9)10-4-2-1-3-5-11-10;/h1-5,8-9,11-12H,6-7H2;1H. The fraction of sp³-hybridized carbons (Fsp3) is 0.400. The maximum Gasteiger partial charge on any atom is 0.0553 e. The maximum absolute atomic E-state index is 9.13. The lowest BCUT2D eigenvalue weighted by Gasteiger charge is -2.33. The van der Waals surface area contributed by atoms with Crippen LogP contribution in [0.1, 0.15) is 12.8 Å². The first-order valence-corrected chi connectivity index (χ1v) is 4.34. The van der Waals surface area contributed by atoms with Crippen molar-refractivity contribution in [3.05, 3.63) is 36.2 Å². The molecular formula is C10H14ClNO. The van der Waals surface area contributed by atoms with Crippen molar-refractivity contribution in [3.8, 4) is 0 Å². The SMILES string of the molecule is Cl.OC1CC(C2=CC=CC=CN2)C1. The quantitative estimate of drug-likeness (QED) is 0.674. The molecule has 0 aromatic carbocycles. The first-order valence-electron chi connectivity index (χ1n) is 4.34. The van der Waals surface area contributed by atoms with Gasteiger partial charge in [-0.3, -0.25) is 0 Å². The van der Waals surface area contributed by atoms with E-state index in [2.05, 4.69) is 11.4 Å². The third kappa shape index (κ3) is 2.36. The van der Waals surface area contributed by atoms with Crippen molar-refractivity contribution in [2.75, 3.05) is 0 Å². The van der Waals surface area contributed by atoms with E-state index in [1.54, 1.807) is 0 Å². The minimum atomic E-state index is -0.0751. The Labute approximate surface area is 84.4 Å². The molecule has 2 N–H and O–H groups in total. The summed E-state index contributed by atoms with van der Waals surface area (Å²) in [5, 5.41) is 12.3. The van der Waals surface area contributed by atoms with Gasteiger partial charge in [0, 0.05) is 17.8 Å². The van der Waals surface area contributed by atoms with Gasteiger partial charge in [-0.05, 0) is 25.0 Å². The molecule has 0 spiro atoms. The van der Waals surface area contributed by atoms with Crippen LogP contribution in [0.4, 0.5) is 0 Å². The zero-order chi connectivity index (χ0) is 8.39. The minimum absolute atomic E-state index is 0.